The molecule has 1 aromatic carbocycles. The molecule has 2 N–H and O–H groups in total. The molecule has 1 atom stereocenters. The molecule has 0 amide bonds. The molecule has 0 spiro atoms. The van der Waals surface area contributed by atoms with E-state index in [1.54, 1.807) is 23.1 Å². The Hall–Kier alpha value is -0.0000000000000000833. The van der Waals surface area contributed by atoms with Gasteiger partial charge in [-0.05, 0) is 39.9 Å². The predicted octanol–water partition coefficient (Wildman–Crippen LogP) is 4.93. The van der Waals surface area contributed by atoms with Crippen LogP contribution in [-0.4, -0.2) is 6.26 Å². The number of benzene rings is 1. The molecule has 5 heteroatoms. The minimum atomic E-state index is -0.118. The van der Waals surface area contributed by atoms with E-state index in [2.05, 4.69) is 34.3 Å². The molecular formula is C12H11BrClNS2. The van der Waals surface area contributed by atoms with Gasteiger partial charge in [-0.25, -0.2) is 0 Å². The lowest BCUT2D eigenvalue weighted by molar-refractivity contribution is 0.868. The van der Waals surface area contributed by atoms with Gasteiger partial charge in [0, 0.05) is 9.77 Å². The van der Waals surface area contributed by atoms with E-state index in [0.29, 0.717) is 0 Å². The van der Waals surface area contributed by atoms with Gasteiger partial charge in [-0.1, -0.05) is 29.8 Å². The molecule has 1 unspecified atom stereocenters. The maximum atomic E-state index is 6.29. The number of hydrogen-bond acceptors (Lipinski definition) is 3. The minimum Gasteiger partial charge on any atom is -0.320 e. The van der Waals surface area contributed by atoms with Crippen LogP contribution in [0.4, 0.5) is 0 Å². The Balaban J connectivity index is 2.39. The van der Waals surface area contributed by atoms with Crippen LogP contribution in [0.15, 0.2) is 39.0 Å². The standard InChI is InChI=1S/C12H11BrClNS2/c1-16-9-5-3-2-4-7(9)11(15)10-6-8(14)12(13)17-10/h2-6,11H,15H2,1H3. The SMILES string of the molecule is CSc1ccccc1C(N)c1cc(Cl)c(Br)s1. The maximum absolute atomic E-state index is 6.29. The topological polar surface area (TPSA) is 26.0 Å². The van der Waals surface area contributed by atoms with Crippen LogP contribution in [-0.2, 0) is 0 Å². The number of halogens is 2. The molecule has 0 radical (unpaired) electrons. The fraction of sp³-hybridized carbons (Fsp3) is 0.167. The highest BCUT2D eigenvalue weighted by atomic mass is 79.9. The average molecular weight is 349 g/mol. The lowest BCUT2D eigenvalue weighted by atomic mass is 10.1. The fourth-order valence-corrected chi connectivity index (χ4v) is 4.01. The summed E-state index contributed by atoms with van der Waals surface area (Å²) in [7, 11) is 0. The summed E-state index contributed by atoms with van der Waals surface area (Å²) in [4.78, 5) is 2.28. The van der Waals surface area contributed by atoms with E-state index >= 15 is 0 Å². The van der Waals surface area contributed by atoms with Crippen molar-refractivity contribution in [2.24, 2.45) is 5.73 Å². The van der Waals surface area contributed by atoms with Gasteiger partial charge in [0.2, 0.25) is 0 Å². The second kappa shape index (κ2) is 5.76. The van der Waals surface area contributed by atoms with Crippen LogP contribution >= 0.6 is 50.6 Å². The molecule has 0 aliphatic heterocycles. The van der Waals surface area contributed by atoms with E-state index in [4.69, 9.17) is 17.3 Å². The van der Waals surface area contributed by atoms with Crippen molar-refractivity contribution in [3.05, 3.63) is 49.6 Å². The molecule has 2 rings (SSSR count). The van der Waals surface area contributed by atoms with Crippen molar-refractivity contribution in [2.75, 3.05) is 6.26 Å². The summed E-state index contributed by atoms with van der Waals surface area (Å²) in [6.45, 7) is 0. The van der Waals surface area contributed by atoms with E-state index < -0.39 is 0 Å². The van der Waals surface area contributed by atoms with Crippen molar-refractivity contribution in [2.45, 2.75) is 10.9 Å². The second-order valence-corrected chi connectivity index (χ2v) is 7.15. The number of hydrogen-bond donors (Lipinski definition) is 1. The first-order valence-corrected chi connectivity index (χ1v) is 8.18. The third kappa shape index (κ3) is 2.88. The Kier molecular flexibility index (Phi) is 4.55. The maximum Gasteiger partial charge on any atom is 0.0888 e. The molecule has 0 aliphatic carbocycles. The number of rotatable bonds is 3. The summed E-state index contributed by atoms with van der Waals surface area (Å²) in [5, 5.41) is 0.724. The first-order valence-electron chi connectivity index (χ1n) is 4.96. The first kappa shape index (κ1) is 13.4. The zero-order valence-electron chi connectivity index (χ0n) is 9.11. The van der Waals surface area contributed by atoms with Gasteiger partial charge in [0.05, 0.1) is 14.9 Å². The highest BCUT2D eigenvalue weighted by Gasteiger charge is 2.16. The third-order valence-corrected chi connectivity index (χ3v) is 5.81. The zero-order chi connectivity index (χ0) is 12.4. The van der Waals surface area contributed by atoms with Gasteiger partial charge in [-0.3, -0.25) is 0 Å². The van der Waals surface area contributed by atoms with Gasteiger partial charge in [0.25, 0.3) is 0 Å². The molecule has 0 saturated heterocycles. The van der Waals surface area contributed by atoms with Crippen molar-refractivity contribution in [3.63, 3.8) is 0 Å². The quantitative estimate of drug-likeness (QED) is 0.796. The number of thiophene rings is 1. The average Bonchev–Trinajstić information content (AvgIpc) is 2.68. The minimum absolute atomic E-state index is 0.118. The molecule has 0 bridgehead atoms. The van der Waals surface area contributed by atoms with Crippen LogP contribution in [0.2, 0.25) is 5.02 Å². The van der Waals surface area contributed by atoms with E-state index in [1.165, 1.54) is 4.90 Å². The molecule has 0 fully saturated rings. The van der Waals surface area contributed by atoms with Crippen molar-refractivity contribution in [1.82, 2.24) is 0 Å². The van der Waals surface area contributed by atoms with Crippen molar-refractivity contribution < 1.29 is 0 Å². The molecule has 1 nitrogen and oxygen atoms in total. The highest BCUT2D eigenvalue weighted by Crippen LogP contribution is 2.38. The van der Waals surface area contributed by atoms with Gasteiger partial charge in [0.1, 0.15) is 0 Å². The van der Waals surface area contributed by atoms with Crippen LogP contribution in [0, 0.1) is 0 Å². The fourth-order valence-electron chi connectivity index (χ4n) is 1.59. The molecule has 90 valence electrons. The molecule has 0 saturated carbocycles. The van der Waals surface area contributed by atoms with Gasteiger partial charge in [-0.15, -0.1) is 23.1 Å². The van der Waals surface area contributed by atoms with Crippen molar-refractivity contribution >= 4 is 50.6 Å². The van der Waals surface area contributed by atoms with Crippen molar-refractivity contribution in [3.8, 4) is 0 Å². The largest absolute Gasteiger partial charge is 0.320 e. The monoisotopic (exact) mass is 347 g/mol. The van der Waals surface area contributed by atoms with Gasteiger partial charge < -0.3 is 5.73 Å². The smallest absolute Gasteiger partial charge is 0.0888 e. The molecule has 1 aromatic heterocycles. The lowest BCUT2D eigenvalue weighted by Gasteiger charge is -2.13. The van der Waals surface area contributed by atoms with Gasteiger partial charge in [0.15, 0.2) is 0 Å². The van der Waals surface area contributed by atoms with Crippen molar-refractivity contribution in [1.29, 1.82) is 0 Å². The summed E-state index contributed by atoms with van der Waals surface area (Å²) in [6.07, 6.45) is 2.06. The summed E-state index contributed by atoms with van der Waals surface area (Å²) in [6, 6.07) is 10.0. The molecule has 0 aliphatic rings. The van der Waals surface area contributed by atoms with Crippen LogP contribution in [0.25, 0.3) is 0 Å². The predicted molar refractivity (Wildman–Crippen MR) is 81.3 cm³/mol. The van der Waals surface area contributed by atoms with Crippen LogP contribution < -0.4 is 5.73 Å². The van der Waals surface area contributed by atoms with E-state index in [1.807, 2.05) is 18.2 Å². The Morgan fingerprint density at radius 2 is 2.12 bits per heavy atom. The first-order chi connectivity index (χ1) is 8.13. The number of nitrogens with two attached hydrogens (primary N) is 1. The zero-order valence-corrected chi connectivity index (χ0v) is 13.1. The molecule has 17 heavy (non-hydrogen) atoms. The Bertz CT molecular complexity index is 507. The summed E-state index contributed by atoms with van der Waals surface area (Å²) >= 11 is 12.8. The molecule has 2 aromatic rings. The van der Waals surface area contributed by atoms with E-state index in [-0.39, 0.29) is 6.04 Å². The number of thioether (sulfide) groups is 1. The summed E-state index contributed by atoms with van der Waals surface area (Å²) in [5.41, 5.74) is 7.44. The van der Waals surface area contributed by atoms with E-state index in [0.717, 1.165) is 19.2 Å². The van der Waals surface area contributed by atoms with Gasteiger partial charge >= 0.3 is 0 Å². The van der Waals surface area contributed by atoms with Crippen LogP contribution in [0.5, 0.6) is 0 Å². The van der Waals surface area contributed by atoms with Gasteiger partial charge in [-0.2, -0.15) is 0 Å². The second-order valence-electron chi connectivity index (χ2n) is 3.49. The Labute approximate surface area is 122 Å². The summed E-state index contributed by atoms with van der Waals surface area (Å²) < 4.78 is 0.936. The Morgan fingerprint density at radius 3 is 2.71 bits per heavy atom. The summed E-state index contributed by atoms with van der Waals surface area (Å²) in [5.74, 6) is 0. The normalized spacial score (nSPS) is 12.7. The van der Waals surface area contributed by atoms with E-state index in [9.17, 15) is 0 Å². The third-order valence-electron chi connectivity index (χ3n) is 2.44. The molecule has 1 heterocycles. The van der Waals surface area contributed by atoms with Crippen LogP contribution in [0.3, 0.4) is 0 Å². The van der Waals surface area contributed by atoms with Crippen LogP contribution in [0.1, 0.15) is 16.5 Å². The lowest BCUT2D eigenvalue weighted by Crippen LogP contribution is -2.11. The molecular weight excluding hydrogens is 338 g/mol. The highest BCUT2D eigenvalue weighted by molar-refractivity contribution is 9.11. The Morgan fingerprint density at radius 1 is 1.41 bits per heavy atom.